The number of amides is 2. The van der Waals surface area contributed by atoms with Crippen LogP contribution in [0, 0.1) is 6.92 Å². The second-order valence-corrected chi connectivity index (χ2v) is 9.28. The van der Waals surface area contributed by atoms with Crippen LogP contribution in [0.15, 0.2) is 42.5 Å². The number of aromatic nitrogens is 4. The Balaban J connectivity index is 1.58. The molecular formula is C24H25ClN6O3. The van der Waals surface area contributed by atoms with Crippen molar-refractivity contribution < 1.29 is 14.3 Å². The van der Waals surface area contributed by atoms with E-state index in [4.69, 9.17) is 11.6 Å². The lowest BCUT2D eigenvalue weighted by Gasteiger charge is -2.14. The Morgan fingerprint density at radius 3 is 2.47 bits per heavy atom. The van der Waals surface area contributed by atoms with Gasteiger partial charge in [0.25, 0.3) is 5.91 Å². The number of ether oxygens (including phenoxy) is 1. The van der Waals surface area contributed by atoms with Crippen molar-refractivity contribution >= 4 is 40.6 Å². The van der Waals surface area contributed by atoms with Gasteiger partial charge in [-0.05, 0) is 36.8 Å². The molecule has 4 rings (SSSR count). The Bertz CT molecular complexity index is 1400. The van der Waals surface area contributed by atoms with Gasteiger partial charge in [-0.1, -0.05) is 50.6 Å². The summed E-state index contributed by atoms with van der Waals surface area (Å²) in [5, 5.41) is 15.0. The molecule has 34 heavy (non-hydrogen) atoms. The lowest BCUT2D eigenvalue weighted by molar-refractivity contribution is 0.102. The molecule has 0 aliphatic rings. The topological polar surface area (TPSA) is 113 Å². The molecular weight excluding hydrogens is 456 g/mol. The molecule has 2 aromatic heterocycles. The van der Waals surface area contributed by atoms with Gasteiger partial charge in [0.05, 0.1) is 12.8 Å². The second-order valence-electron chi connectivity index (χ2n) is 8.91. The molecule has 4 aromatic rings. The number of benzene rings is 2. The number of anilines is 2. The highest BCUT2D eigenvalue weighted by Gasteiger charge is 2.25. The maximum Gasteiger partial charge on any atom is 0.411 e. The van der Waals surface area contributed by atoms with E-state index in [9.17, 15) is 9.59 Å². The molecule has 0 spiro atoms. The van der Waals surface area contributed by atoms with Gasteiger partial charge in [0, 0.05) is 27.9 Å². The van der Waals surface area contributed by atoms with E-state index in [1.807, 2.05) is 39.8 Å². The largest absolute Gasteiger partial charge is 0.453 e. The highest BCUT2D eigenvalue weighted by Crippen LogP contribution is 2.32. The Labute approximate surface area is 201 Å². The van der Waals surface area contributed by atoms with Gasteiger partial charge in [-0.25, -0.2) is 4.79 Å². The van der Waals surface area contributed by atoms with Crippen LogP contribution in [-0.4, -0.2) is 38.9 Å². The summed E-state index contributed by atoms with van der Waals surface area (Å²) < 4.78 is 6.10. The minimum Gasteiger partial charge on any atom is -0.453 e. The van der Waals surface area contributed by atoms with E-state index in [1.54, 1.807) is 30.3 Å². The number of nitrogens with one attached hydrogen (secondary N) is 3. The molecule has 176 valence electrons. The number of aryl methyl sites for hydroxylation is 1. The van der Waals surface area contributed by atoms with Gasteiger partial charge in [-0.3, -0.25) is 10.1 Å². The molecule has 0 aliphatic heterocycles. The van der Waals surface area contributed by atoms with Crippen LogP contribution in [0.1, 0.15) is 42.4 Å². The number of hydrogen-bond donors (Lipinski definition) is 3. The number of carbonyl (C=O) groups excluding carboxylic acids is 2. The molecule has 0 radical (unpaired) electrons. The van der Waals surface area contributed by atoms with Crippen LogP contribution < -0.4 is 10.6 Å². The zero-order valence-corrected chi connectivity index (χ0v) is 20.2. The number of rotatable bonds is 4. The predicted molar refractivity (Wildman–Crippen MR) is 132 cm³/mol. The Kier molecular flexibility index (Phi) is 6.05. The fraction of sp³-hybridized carbons (Fsp3) is 0.250. The van der Waals surface area contributed by atoms with Gasteiger partial charge in [-0.15, -0.1) is 9.73 Å². The SMILES string of the molecule is COC(=O)Nc1ccc(C)c(C(=O)Nc2cccc(-c3nn4nc(C(C)(C)C)c(Cl)c4[nH]3)c2)c1. The van der Waals surface area contributed by atoms with Crippen molar-refractivity contribution in [1.82, 2.24) is 19.8 Å². The molecule has 2 amide bonds. The van der Waals surface area contributed by atoms with Crippen molar-refractivity contribution in [3.8, 4) is 11.4 Å². The lowest BCUT2D eigenvalue weighted by atomic mass is 9.92. The molecule has 10 heteroatoms. The maximum atomic E-state index is 13.0. The number of aromatic amines is 1. The third-order valence-electron chi connectivity index (χ3n) is 5.26. The zero-order valence-electron chi connectivity index (χ0n) is 19.5. The van der Waals surface area contributed by atoms with Crippen molar-refractivity contribution in [2.75, 3.05) is 17.7 Å². The van der Waals surface area contributed by atoms with Crippen molar-refractivity contribution in [3.63, 3.8) is 0 Å². The van der Waals surface area contributed by atoms with Gasteiger partial charge in [0.15, 0.2) is 11.5 Å². The van der Waals surface area contributed by atoms with E-state index in [2.05, 4.69) is 30.6 Å². The molecule has 0 fully saturated rings. The van der Waals surface area contributed by atoms with E-state index in [0.29, 0.717) is 33.4 Å². The average Bonchev–Trinajstić information content (AvgIpc) is 3.34. The van der Waals surface area contributed by atoms with Gasteiger partial charge < -0.3 is 15.0 Å². The van der Waals surface area contributed by atoms with Crippen LogP contribution in [0.3, 0.4) is 0 Å². The van der Waals surface area contributed by atoms with Crippen LogP contribution in [0.25, 0.3) is 17.0 Å². The minimum atomic E-state index is -0.609. The molecule has 0 aliphatic carbocycles. The van der Waals surface area contributed by atoms with Crippen LogP contribution in [0.4, 0.5) is 16.2 Å². The van der Waals surface area contributed by atoms with E-state index < -0.39 is 6.09 Å². The average molecular weight is 481 g/mol. The summed E-state index contributed by atoms with van der Waals surface area (Å²) in [6, 6.07) is 12.3. The van der Waals surface area contributed by atoms with Crippen LogP contribution >= 0.6 is 11.6 Å². The molecule has 0 saturated carbocycles. The van der Waals surface area contributed by atoms with Gasteiger partial charge in [0.1, 0.15) is 5.02 Å². The fourth-order valence-electron chi connectivity index (χ4n) is 3.46. The summed E-state index contributed by atoms with van der Waals surface area (Å²) in [5.74, 6) is 0.261. The van der Waals surface area contributed by atoms with Gasteiger partial charge in [-0.2, -0.15) is 5.10 Å². The monoisotopic (exact) mass is 480 g/mol. The summed E-state index contributed by atoms with van der Waals surface area (Å²) in [7, 11) is 1.28. The molecule has 9 nitrogen and oxygen atoms in total. The normalized spacial score (nSPS) is 11.5. The molecule has 2 aromatic carbocycles. The Morgan fingerprint density at radius 1 is 1.06 bits per heavy atom. The molecule has 0 bridgehead atoms. The predicted octanol–water partition coefficient (Wildman–Crippen LogP) is 5.41. The zero-order chi connectivity index (χ0) is 24.6. The molecule has 3 N–H and O–H groups in total. The standard InChI is InChI=1S/C24H25ClN6O3/c1-13-9-10-16(27-23(33)34-5)12-17(13)22(32)26-15-8-6-7-14(11-15)20-28-21-18(25)19(24(2,3)4)29-31(21)30-20/h6-12H,1-5H3,(H,26,32)(H,27,33)(H,28,30). The number of H-pyrrole nitrogens is 1. The molecule has 0 atom stereocenters. The summed E-state index contributed by atoms with van der Waals surface area (Å²) >= 11 is 6.53. The molecule has 2 heterocycles. The van der Waals surface area contributed by atoms with E-state index in [-0.39, 0.29) is 11.3 Å². The Hall–Kier alpha value is -3.85. The first-order valence-corrected chi connectivity index (χ1v) is 11.0. The number of nitrogens with zero attached hydrogens (tertiary/aromatic N) is 3. The first kappa shape index (κ1) is 23.3. The maximum absolute atomic E-state index is 13.0. The van der Waals surface area contributed by atoms with Gasteiger partial charge >= 0.3 is 6.09 Å². The van der Waals surface area contributed by atoms with Crippen LogP contribution in [0.2, 0.25) is 5.02 Å². The van der Waals surface area contributed by atoms with E-state index in [1.165, 1.54) is 11.7 Å². The number of fused-ring (bicyclic) bond motifs is 1. The minimum absolute atomic E-state index is 0.211. The third kappa shape index (κ3) is 4.60. The van der Waals surface area contributed by atoms with Crippen molar-refractivity contribution in [3.05, 3.63) is 64.3 Å². The second kappa shape index (κ2) is 8.83. The highest BCUT2D eigenvalue weighted by atomic mass is 35.5. The van der Waals surface area contributed by atoms with Crippen molar-refractivity contribution in [1.29, 1.82) is 0 Å². The third-order valence-corrected chi connectivity index (χ3v) is 5.62. The summed E-state index contributed by atoms with van der Waals surface area (Å²) in [4.78, 5) is 27.7. The van der Waals surface area contributed by atoms with E-state index >= 15 is 0 Å². The molecule has 0 unspecified atom stereocenters. The highest BCUT2D eigenvalue weighted by molar-refractivity contribution is 6.34. The Morgan fingerprint density at radius 2 is 1.79 bits per heavy atom. The van der Waals surface area contributed by atoms with E-state index in [0.717, 1.165) is 16.8 Å². The van der Waals surface area contributed by atoms with Crippen LogP contribution in [0.5, 0.6) is 0 Å². The van der Waals surface area contributed by atoms with Crippen molar-refractivity contribution in [2.24, 2.45) is 0 Å². The summed E-state index contributed by atoms with van der Waals surface area (Å²) in [6.07, 6.45) is -0.609. The first-order valence-electron chi connectivity index (χ1n) is 10.6. The fourth-order valence-corrected chi connectivity index (χ4v) is 3.91. The van der Waals surface area contributed by atoms with Crippen LogP contribution in [-0.2, 0) is 10.2 Å². The number of halogens is 1. The summed E-state index contributed by atoms with van der Waals surface area (Å²) in [6.45, 7) is 7.94. The smallest absolute Gasteiger partial charge is 0.411 e. The van der Waals surface area contributed by atoms with Crippen molar-refractivity contribution in [2.45, 2.75) is 33.1 Å². The number of hydrogen-bond acceptors (Lipinski definition) is 5. The summed E-state index contributed by atoms with van der Waals surface area (Å²) in [5.41, 5.74) is 4.16. The lowest BCUT2D eigenvalue weighted by Crippen LogP contribution is -2.15. The quantitative estimate of drug-likeness (QED) is 0.361. The van der Waals surface area contributed by atoms with Gasteiger partial charge in [0.2, 0.25) is 0 Å². The number of carbonyl (C=O) groups is 2. The molecule has 0 saturated heterocycles. The first-order chi connectivity index (χ1) is 16.1. The number of methoxy groups -OCH3 is 1.